The fourth-order valence-corrected chi connectivity index (χ4v) is 3.14. The number of aromatic amines is 1. The molecule has 1 aliphatic rings. The highest BCUT2D eigenvalue weighted by atomic mass is 35.5. The molecule has 0 unspecified atom stereocenters. The lowest BCUT2D eigenvalue weighted by atomic mass is 10.1. The van der Waals surface area contributed by atoms with Gasteiger partial charge < -0.3 is 5.32 Å². The molecule has 0 spiro atoms. The summed E-state index contributed by atoms with van der Waals surface area (Å²) in [6.07, 6.45) is 2.67. The van der Waals surface area contributed by atoms with E-state index in [4.69, 9.17) is 11.6 Å². The Bertz CT molecular complexity index is 698. The van der Waals surface area contributed by atoms with Crippen LogP contribution in [0.25, 0.3) is 0 Å². The van der Waals surface area contributed by atoms with E-state index in [0.717, 1.165) is 28.4 Å². The Morgan fingerprint density at radius 1 is 1.52 bits per heavy atom. The quantitative estimate of drug-likeness (QED) is 0.901. The van der Waals surface area contributed by atoms with E-state index in [1.165, 1.54) is 11.3 Å². The molecule has 0 radical (unpaired) electrons. The minimum atomic E-state index is -0.208. The maximum Gasteiger partial charge on any atom is 0.374 e. The van der Waals surface area contributed by atoms with Crippen LogP contribution in [0.1, 0.15) is 10.4 Å². The molecule has 7 heteroatoms. The smallest absolute Gasteiger partial charge is 0.362 e. The van der Waals surface area contributed by atoms with E-state index in [2.05, 4.69) is 20.6 Å². The Morgan fingerprint density at radius 2 is 2.43 bits per heavy atom. The number of hydrogen-bond acceptors (Lipinski definition) is 4. The molecule has 0 saturated heterocycles. The van der Waals surface area contributed by atoms with Gasteiger partial charge >= 0.3 is 11.0 Å². The summed E-state index contributed by atoms with van der Waals surface area (Å²) >= 11 is 7.48. The van der Waals surface area contributed by atoms with E-state index >= 15 is 0 Å². The van der Waals surface area contributed by atoms with Crippen LogP contribution < -0.4 is 15.6 Å². The number of nitrogens with zero attached hydrogens (tertiary/aromatic N) is 1. The van der Waals surface area contributed by atoms with Gasteiger partial charge in [-0.3, -0.25) is 4.99 Å². The van der Waals surface area contributed by atoms with Crippen LogP contribution in [-0.2, 0) is 11.2 Å². The molecule has 5 nitrogen and oxygen atoms in total. The van der Waals surface area contributed by atoms with Gasteiger partial charge in [0.05, 0.1) is 11.4 Å². The fraction of sp³-hybridized carbons (Fsp3) is 0.214. The summed E-state index contributed by atoms with van der Waals surface area (Å²) in [6.45, 7) is 1.37. The van der Waals surface area contributed by atoms with Crippen molar-refractivity contribution in [1.82, 2.24) is 5.32 Å². The first-order valence-corrected chi connectivity index (χ1v) is 7.75. The minimum Gasteiger partial charge on any atom is -0.362 e. The molecule has 0 bridgehead atoms. The zero-order valence-electron chi connectivity index (χ0n) is 11.1. The van der Waals surface area contributed by atoms with E-state index in [-0.39, 0.29) is 5.91 Å². The summed E-state index contributed by atoms with van der Waals surface area (Å²) < 4.78 is 0. The summed E-state index contributed by atoms with van der Waals surface area (Å²) in [5.74, 6) is 0.188. The first-order valence-electron chi connectivity index (χ1n) is 6.55. The number of halogens is 1. The topological polar surface area (TPSA) is 67.6 Å². The molecule has 0 atom stereocenters. The lowest BCUT2D eigenvalue weighted by molar-refractivity contribution is -0.354. The molecule has 1 aromatic carbocycles. The van der Waals surface area contributed by atoms with Gasteiger partial charge in [-0.2, -0.15) is 5.32 Å². The van der Waals surface area contributed by atoms with Crippen molar-refractivity contribution in [2.75, 3.05) is 18.4 Å². The first kappa shape index (κ1) is 14.0. The van der Waals surface area contributed by atoms with Crippen molar-refractivity contribution in [3.05, 3.63) is 45.9 Å². The highest BCUT2D eigenvalue weighted by Gasteiger charge is 2.21. The van der Waals surface area contributed by atoms with Crippen LogP contribution in [0.3, 0.4) is 0 Å². The number of hydrogen-bond donors (Lipinski definition) is 2. The Balaban J connectivity index is 1.64. The Hall–Kier alpha value is -1.92. The molecule has 2 aromatic rings. The summed E-state index contributed by atoms with van der Waals surface area (Å²) in [5, 5.41) is 7.18. The maximum atomic E-state index is 11.9. The van der Waals surface area contributed by atoms with Gasteiger partial charge in [0.1, 0.15) is 6.20 Å². The third-order valence-electron chi connectivity index (χ3n) is 2.98. The second-order valence-electron chi connectivity index (χ2n) is 4.60. The predicted molar refractivity (Wildman–Crippen MR) is 84.1 cm³/mol. The van der Waals surface area contributed by atoms with Gasteiger partial charge in [0, 0.05) is 18.0 Å². The van der Waals surface area contributed by atoms with Crippen LogP contribution in [-0.4, -0.2) is 24.8 Å². The van der Waals surface area contributed by atoms with Crippen LogP contribution in [0, 0.1) is 0 Å². The number of aliphatic imine (C=N–C) groups is 1. The normalized spacial score (nSPS) is 13.7. The molecular formula is C14H14ClN4OS+. The number of nitrogens with one attached hydrogen (secondary N) is 3. The van der Waals surface area contributed by atoms with Crippen LogP contribution in [0.4, 0.5) is 5.13 Å². The highest BCUT2D eigenvalue weighted by Crippen LogP contribution is 2.20. The summed E-state index contributed by atoms with van der Waals surface area (Å²) in [7, 11) is 0. The number of rotatable bonds is 4. The number of anilines is 1. The molecule has 108 valence electrons. The van der Waals surface area contributed by atoms with Crippen LogP contribution in [0.2, 0.25) is 5.02 Å². The molecule has 2 heterocycles. The molecule has 3 rings (SSSR count). The van der Waals surface area contributed by atoms with Gasteiger partial charge in [0.15, 0.2) is 0 Å². The molecule has 0 saturated carbocycles. The number of carbonyl (C=O) groups excluding carboxylic acids is 1. The van der Waals surface area contributed by atoms with Gasteiger partial charge in [-0.1, -0.05) is 35.1 Å². The second-order valence-corrected chi connectivity index (χ2v) is 6.18. The third-order valence-corrected chi connectivity index (χ3v) is 4.16. The van der Waals surface area contributed by atoms with Gasteiger partial charge in [0.25, 0.3) is 0 Å². The van der Waals surface area contributed by atoms with Crippen molar-refractivity contribution >= 4 is 39.8 Å². The third kappa shape index (κ3) is 3.59. The molecule has 3 N–H and O–H groups in total. The molecule has 0 fully saturated rings. The van der Waals surface area contributed by atoms with E-state index in [0.29, 0.717) is 17.5 Å². The second kappa shape index (κ2) is 6.24. The van der Waals surface area contributed by atoms with Gasteiger partial charge in [-0.15, -0.1) is 0 Å². The first-order chi connectivity index (χ1) is 10.2. The summed E-state index contributed by atoms with van der Waals surface area (Å²) in [4.78, 5) is 20.2. The molecule has 0 aliphatic carbocycles. The summed E-state index contributed by atoms with van der Waals surface area (Å²) in [5.41, 5.74) is 1.14. The fourth-order valence-electron chi connectivity index (χ4n) is 2.05. The number of H-pyrrole nitrogens is 1. The Labute approximate surface area is 131 Å². The van der Waals surface area contributed by atoms with Gasteiger partial charge in [-0.05, 0) is 17.7 Å². The van der Waals surface area contributed by atoms with Crippen molar-refractivity contribution in [1.29, 1.82) is 0 Å². The predicted octanol–water partition coefficient (Wildman–Crippen LogP) is 1.75. The molecule has 21 heavy (non-hydrogen) atoms. The molecule has 1 aliphatic heterocycles. The van der Waals surface area contributed by atoms with Crippen LogP contribution in [0.5, 0.6) is 0 Å². The van der Waals surface area contributed by atoms with Gasteiger partial charge in [0.2, 0.25) is 5.84 Å². The zero-order chi connectivity index (χ0) is 14.7. The maximum absolute atomic E-state index is 11.9. The van der Waals surface area contributed by atoms with Crippen molar-refractivity contribution in [3.8, 4) is 0 Å². The Kier molecular flexibility index (Phi) is 4.17. The average Bonchev–Trinajstić information content (AvgIpc) is 3.10. The van der Waals surface area contributed by atoms with E-state index in [9.17, 15) is 4.79 Å². The number of amidine groups is 1. The SMILES string of the molecule is O=C(Nc1[nH+]cc(Cc2cccc(Cl)c2)s1)C1=NCCN1. The molecule has 1 aromatic heterocycles. The average molecular weight is 322 g/mol. The molecular weight excluding hydrogens is 308 g/mol. The van der Waals surface area contributed by atoms with Crippen LogP contribution in [0.15, 0.2) is 35.5 Å². The van der Waals surface area contributed by atoms with E-state index in [1.54, 1.807) is 0 Å². The number of aromatic nitrogens is 1. The van der Waals surface area contributed by atoms with Crippen LogP contribution >= 0.6 is 22.9 Å². The van der Waals surface area contributed by atoms with Gasteiger partial charge in [-0.25, -0.2) is 9.78 Å². The number of amides is 1. The largest absolute Gasteiger partial charge is 0.374 e. The van der Waals surface area contributed by atoms with Crippen molar-refractivity contribution < 1.29 is 9.78 Å². The van der Waals surface area contributed by atoms with E-state index in [1.807, 2.05) is 30.5 Å². The number of thiazole rings is 1. The monoisotopic (exact) mass is 321 g/mol. The number of carbonyl (C=O) groups is 1. The van der Waals surface area contributed by atoms with Crippen molar-refractivity contribution in [2.45, 2.75) is 6.42 Å². The highest BCUT2D eigenvalue weighted by molar-refractivity contribution is 7.15. The zero-order valence-corrected chi connectivity index (χ0v) is 12.7. The lowest BCUT2D eigenvalue weighted by Crippen LogP contribution is -2.33. The van der Waals surface area contributed by atoms with E-state index < -0.39 is 0 Å². The Morgan fingerprint density at radius 3 is 3.19 bits per heavy atom. The lowest BCUT2D eigenvalue weighted by Gasteiger charge is -1.97. The molecule has 1 amide bonds. The van der Waals surface area contributed by atoms with Crippen molar-refractivity contribution in [3.63, 3.8) is 0 Å². The standard InChI is InChI=1S/C14H13ClN4OS/c15-10-3-1-2-9(6-10)7-11-8-18-14(21-11)19-13(20)12-16-4-5-17-12/h1-3,6,8H,4-5,7H2,(H,16,17)(H,18,19,20)/p+1. The summed E-state index contributed by atoms with van der Waals surface area (Å²) in [6, 6.07) is 7.76. The number of benzene rings is 1. The van der Waals surface area contributed by atoms with Crippen molar-refractivity contribution in [2.24, 2.45) is 4.99 Å². The minimum absolute atomic E-state index is 0.208.